The second-order valence-corrected chi connectivity index (χ2v) is 5.54. The average molecular weight is 349 g/mol. The van der Waals surface area contributed by atoms with Crippen molar-refractivity contribution >= 4 is 33.2 Å². The van der Waals surface area contributed by atoms with Gasteiger partial charge in [-0.1, -0.05) is 22.0 Å². The Balaban J connectivity index is 1.81. The van der Waals surface area contributed by atoms with Crippen LogP contribution in [0.5, 0.6) is 5.75 Å². The number of nitrogens with two attached hydrogens (primary N) is 1. The van der Waals surface area contributed by atoms with E-state index in [4.69, 9.17) is 10.5 Å². The minimum Gasteiger partial charge on any atom is -0.493 e. The van der Waals surface area contributed by atoms with E-state index in [2.05, 4.69) is 21.2 Å². The molecule has 0 spiro atoms. The van der Waals surface area contributed by atoms with E-state index in [1.165, 1.54) is 0 Å². The molecule has 0 aliphatic rings. The SMILES string of the molecule is Cc1cc(NC(=O)CCOc2cccc(N)c2)ccc1Br. The number of ether oxygens (including phenoxy) is 1. The lowest BCUT2D eigenvalue weighted by Gasteiger charge is -2.09. The van der Waals surface area contributed by atoms with Crippen LogP contribution in [0.2, 0.25) is 0 Å². The molecule has 0 unspecified atom stereocenters. The minimum absolute atomic E-state index is 0.0828. The summed E-state index contributed by atoms with van der Waals surface area (Å²) < 4.78 is 6.51. The lowest BCUT2D eigenvalue weighted by molar-refractivity contribution is -0.116. The molecule has 2 aromatic carbocycles. The smallest absolute Gasteiger partial charge is 0.227 e. The minimum atomic E-state index is -0.0828. The van der Waals surface area contributed by atoms with Crippen molar-refractivity contribution in [3.8, 4) is 5.75 Å². The van der Waals surface area contributed by atoms with E-state index in [9.17, 15) is 4.79 Å². The first kappa shape index (κ1) is 15.4. The van der Waals surface area contributed by atoms with E-state index in [1.807, 2.05) is 37.3 Å². The van der Waals surface area contributed by atoms with Crippen LogP contribution in [0.4, 0.5) is 11.4 Å². The van der Waals surface area contributed by atoms with Crippen LogP contribution in [0.3, 0.4) is 0 Å². The number of carbonyl (C=O) groups excluding carboxylic acids is 1. The molecule has 5 heteroatoms. The topological polar surface area (TPSA) is 64.3 Å². The molecule has 3 N–H and O–H groups in total. The Kier molecular flexibility index (Phi) is 5.22. The lowest BCUT2D eigenvalue weighted by Crippen LogP contribution is -2.15. The second kappa shape index (κ2) is 7.13. The van der Waals surface area contributed by atoms with Gasteiger partial charge in [-0.25, -0.2) is 0 Å². The molecule has 2 aromatic rings. The Morgan fingerprint density at radius 3 is 2.81 bits per heavy atom. The molecule has 0 atom stereocenters. The maximum atomic E-state index is 11.8. The number of carbonyl (C=O) groups is 1. The zero-order valence-electron chi connectivity index (χ0n) is 11.7. The molecule has 4 nitrogen and oxygen atoms in total. The lowest BCUT2D eigenvalue weighted by atomic mass is 10.2. The van der Waals surface area contributed by atoms with Gasteiger partial charge in [0, 0.05) is 21.9 Å². The summed E-state index contributed by atoms with van der Waals surface area (Å²) in [5.41, 5.74) is 8.15. The standard InChI is InChI=1S/C16H17BrN2O2/c1-11-9-13(5-6-15(11)17)19-16(20)7-8-21-14-4-2-3-12(18)10-14/h2-6,9-10H,7-8,18H2,1H3,(H,19,20). The van der Waals surface area contributed by atoms with Crippen molar-refractivity contribution in [2.24, 2.45) is 0 Å². The van der Waals surface area contributed by atoms with Crippen molar-refractivity contribution in [3.63, 3.8) is 0 Å². The molecule has 1 amide bonds. The van der Waals surface area contributed by atoms with Gasteiger partial charge in [0.1, 0.15) is 5.75 Å². The van der Waals surface area contributed by atoms with E-state index in [1.54, 1.807) is 12.1 Å². The van der Waals surface area contributed by atoms with Crippen molar-refractivity contribution in [2.45, 2.75) is 13.3 Å². The first-order valence-corrected chi connectivity index (χ1v) is 7.38. The molecule has 0 radical (unpaired) electrons. The number of hydrogen-bond acceptors (Lipinski definition) is 3. The number of halogens is 1. The van der Waals surface area contributed by atoms with Gasteiger partial charge < -0.3 is 15.8 Å². The van der Waals surface area contributed by atoms with Gasteiger partial charge in [-0.3, -0.25) is 4.79 Å². The zero-order valence-corrected chi connectivity index (χ0v) is 13.3. The van der Waals surface area contributed by atoms with Crippen molar-refractivity contribution in [2.75, 3.05) is 17.7 Å². The summed E-state index contributed by atoms with van der Waals surface area (Å²) in [5.74, 6) is 0.586. The number of nitrogens with one attached hydrogen (secondary N) is 1. The fraction of sp³-hybridized carbons (Fsp3) is 0.188. The second-order valence-electron chi connectivity index (χ2n) is 4.68. The molecule has 0 bridgehead atoms. The van der Waals surface area contributed by atoms with E-state index in [0.717, 1.165) is 15.7 Å². The van der Waals surface area contributed by atoms with Gasteiger partial charge in [0.05, 0.1) is 13.0 Å². The number of rotatable bonds is 5. The highest BCUT2D eigenvalue weighted by atomic mass is 79.9. The van der Waals surface area contributed by atoms with Crippen LogP contribution in [-0.2, 0) is 4.79 Å². The molecule has 0 saturated carbocycles. The molecule has 2 rings (SSSR count). The Morgan fingerprint density at radius 2 is 2.10 bits per heavy atom. The largest absolute Gasteiger partial charge is 0.493 e. The van der Waals surface area contributed by atoms with Crippen LogP contribution in [-0.4, -0.2) is 12.5 Å². The van der Waals surface area contributed by atoms with Gasteiger partial charge in [-0.15, -0.1) is 0 Å². The van der Waals surface area contributed by atoms with Crippen LogP contribution in [0.1, 0.15) is 12.0 Å². The van der Waals surface area contributed by atoms with Gasteiger partial charge in [0.2, 0.25) is 5.91 Å². The first-order chi connectivity index (χ1) is 10.0. The number of benzene rings is 2. The van der Waals surface area contributed by atoms with Gasteiger partial charge in [0.15, 0.2) is 0 Å². The van der Waals surface area contributed by atoms with Crippen molar-refractivity contribution < 1.29 is 9.53 Å². The first-order valence-electron chi connectivity index (χ1n) is 6.59. The normalized spacial score (nSPS) is 10.2. The van der Waals surface area contributed by atoms with Crippen molar-refractivity contribution in [3.05, 3.63) is 52.5 Å². The molecule has 0 heterocycles. The number of aryl methyl sites for hydroxylation is 1. The molecule has 0 fully saturated rings. The molecule has 0 aliphatic carbocycles. The van der Waals surface area contributed by atoms with Crippen LogP contribution < -0.4 is 15.8 Å². The number of amides is 1. The number of anilines is 2. The average Bonchev–Trinajstić information content (AvgIpc) is 2.43. The molecule has 0 aliphatic heterocycles. The van der Waals surface area contributed by atoms with Crippen molar-refractivity contribution in [1.82, 2.24) is 0 Å². The van der Waals surface area contributed by atoms with E-state index >= 15 is 0 Å². The van der Waals surface area contributed by atoms with Crippen LogP contribution >= 0.6 is 15.9 Å². The van der Waals surface area contributed by atoms with Gasteiger partial charge in [0.25, 0.3) is 0 Å². The fourth-order valence-electron chi connectivity index (χ4n) is 1.81. The highest BCUT2D eigenvalue weighted by molar-refractivity contribution is 9.10. The summed E-state index contributed by atoms with van der Waals surface area (Å²) in [7, 11) is 0. The summed E-state index contributed by atoms with van der Waals surface area (Å²) in [5, 5.41) is 2.84. The Hall–Kier alpha value is -2.01. The Morgan fingerprint density at radius 1 is 1.29 bits per heavy atom. The van der Waals surface area contributed by atoms with E-state index in [0.29, 0.717) is 18.0 Å². The summed E-state index contributed by atoms with van der Waals surface area (Å²) in [4.78, 5) is 11.8. The van der Waals surface area contributed by atoms with Crippen LogP contribution in [0.25, 0.3) is 0 Å². The molecule has 21 heavy (non-hydrogen) atoms. The van der Waals surface area contributed by atoms with E-state index < -0.39 is 0 Å². The van der Waals surface area contributed by atoms with Crippen LogP contribution in [0.15, 0.2) is 46.9 Å². The number of nitrogen functional groups attached to an aromatic ring is 1. The highest BCUT2D eigenvalue weighted by Gasteiger charge is 2.04. The van der Waals surface area contributed by atoms with Gasteiger partial charge in [-0.05, 0) is 42.8 Å². The fourth-order valence-corrected chi connectivity index (χ4v) is 2.06. The third kappa shape index (κ3) is 4.79. The molecular weight excluding hydrogens is 332 g/mol. The maximum Gasteiger partial charge on any atom is 0.227 e. The van der Waals surface area contributed by atoms with E-state index in [-0.39, 0.29) is 12.3 Å². The summed E-state index contributed by atoms with van der Waals surface area (Å²) in [6.45, 7) is 2.29. The predicted octanol–water partition coefficient (Wildman–Crippen LogP) is 3.75. The Labute approximate surface area is 132 Å². The zero-order chi connectivity index (χ0) is 15.2. The van der Waals surface area contributed by atoms with Crippen LogP contribution in [0, 0.1) is 6.92 Å². The number of hydrogen-bond donors (Lipinski definition) is 2. The van der Waals surface area contributed by atoms with Gasteiger partial charge in [-0.2, -0.15) is 0 Å². The summed E-state index contributed by atoms with van der Waals surface area (Å²) in [6.07, 6.45) is 0.282. The summed E-state index contributed by atoms with van der Waals surface area (Å²) in [6, 6.07) is 12.8. The highest BCUT2D eigenvalue weighted by Crippen LogP contribution is 2.20. The maximum absolute atomic E-state index is 11.8. The third-order valence-corrected chi connectivity index (χ3v) is 3.79. The molecule has 110 valence electrons. The van der Waals surface area contributed by atoms with Gasteiger partial charge >= 0.3 is 0 Å². The molecule has 0 saturated heterocycles. The van der Waals surface area contributed by atoms with Crippen molar-refractivity contribution in [1.29, 1.82) is 0 Å². The quantitative estimate of drug-likeness (QED) is 0.808. The predicted molar refractivity (Wildman–Crippen MR) is 88.5 cm³/mol. The molecule has 0 aromatic heterocycles. The molecular formula is C16H17BrN2O2. The monoisotopic (exact) mass is 348 g/mol. The Bertz CT molecular complexity index is 644. The summed E-state index contributed by atoms with van der Waals surface area (Å²) >= 11 is 3.43. The third-order valence-electron chi connectivity index (χ3n) is 2.90.